The molecule has 2 fully saturated rings. The first-order valence-corrected chi connectivity index (χ1v) is 14.8. The van der Waals surface area contributed by atoms with Crippen molar-refractivity contribution in [3.05, 3.63) is 99.9 Å². The third-order valence-corrected chi connectivity index (χ3v) is 8.95. The Morgan fingerprint density at radius 2 is 1.79 bits per heavy atom. The fourth-order valence-corrected chi connectivity index (χ4v) is 6.49. The zero-order valence-corrected chi connectivity index (χ0v) is 24.2. The molecular formula is C34H34FN5O3. The van der Waals surface area contributed by atoms with E-state index in [9.17, 15) is 18.8 Å². The molecule has 0 aromatic heterocycles. The minimum absolute atomic E-state index is 0.146. The molecule has 0 spiro atoms. The lowest BCUT2D eigenvalue weighted by Gasteiger charge is -2.41. The van der Waals surface area contributed by atoms with E-state index < -0.39 is 11.9 Å². The molecule has 220 valence electrons. The first-order chi connectivity index (χ1) is 20.8. The van der Waals surface area contributed by atoms with Gasteiger partial charge in [-0.1, -0.05) is 36.4 Å². The lowest BCUT2D eigenvalue weighted by atomic mass is 9.97. The van der Waals surface area contributed by atoms with Crippen molar-refractivity contribution in [3.8, 4) is 6.07 Å². The molecule has 3 aliphatic heterocycles. The zero-order chi connectivity index (χ0) is 30.1. The van der Waals surface area contributed by atoms with Crippen LogP contribution in [0.25, 0.3) is 0 Å². The van der Waals surface area contributed by atoms with Crippen LogP contribution >= 0.6 is 0 Å². The summed E-state index contributed by atoms with van der Waals surface area (Å²) in [6.45, 7) is 5.61. The van der Waals surface area contributed by atoms with Crippen LogP contribution in [0.2, 0.25) is 0 Å². The summed E-state index contributed by atoms with van der Waals surface area (Å²) in [6.07, 6.45) is 2.21. The van der Waals surface area contributed by atoms with Gasteiger partial charge in [0.2, 0.25) is 11.8 Å². The number of nitrogens with zero attached hydrogens (tertiary/aromatic N) is 4. The second kappa shape index (κ2) is 12.0. The lowest BCUT2D eigenvalue weighted by Crippen LogP contribution is -2.52. The number of imide groups is 1. The molecular weight excluding hydrogens is 545 g/mol. The Hall–Kier alpha value is -4.55. The van der Waals surface area contributed by atoms with Crippen LogP contribution in [0.5, 0.6) is 0 Å². The SMILES string of the molecule is C[C@H]1CN(c2ccc(C#N)cc2F)CCN1Cc1ccc(CCc2cccc3c2CN(C2CCC(=O)NC2=O)C3=O)cc1. The van der Waals surface area contributed by atoms with Crippen molar-refractivity contribution in [2.45, 2.75) is 57.8 Å². The monoisotopic (exact) mass is 579 g/mol. The second-order valence-corrected chi connectivity index (χ2v) is 11.7. The standard InChI is InChI=1S/C34H34FN5O3/c1-22-19-39(30-12-10-25(18-36)17-29(30)35)16-15-38(22)20-24-7-5-23(6-8-24)9-11-26-3-2-4-27-28(26)21-40(34(27)43)31-13-14-32(41)37-33(31)42/h2-8,10,12,17,22,31H,9,11,13-16,19-21H2,1H3,(H,37,41,42)/t22-,31?/m0/s1. The maximum Gasteiger partial charge on any atom is 0.255 e. The summed E-state index contributed by atoms with van der Waals surface area (Å²) < 4.78 is 14.6. The van der Waals surface area contributed by atoms with Gasteiger partial charge in [-0.2, -0.15) is 5.26 Å². The molecule has 3 amide bonds. The van der Waals surface area contributed by atoms with Gasteiger partial charge in [0, 0.05) is 50.7 Å². The molecule has 2 atom stereocenters. The topological polar surface area (TPSA) is 96.8 Å². The van der Waals surface area contributed by atoms with Gasteiger partial charge >= 0.3 is 0 Å². The van der Waals surface area contributed by atoms with Gasteiger partial charge in [0.15, 0.2) is 0 Å². The van der Waals surface area contributed by atoms with Gasteiger partial charge in [-0.3, -0.25) is 24.6 Å². The van der Waals surface area contributed by atoms with Crippen LogP contribution in [-0.2, 0) is 35.5 Å². The minimum atomic E-state index is -0.610. The molecule has 3 aliphatic rings. The van der Waals surface area contributed by atoms with Crippen molar-refractivity contribution >= 4 is 23.4 Å². The number of amides is 3. The van der Waals surface area contributed by atoms with Gasteiger partial charge in [-0.25, -0.2) is 4.39 Å². The number of carbonyl (C=O) groups is 3. The maximum absolute atomic E-state index is 14.6. The summed E-state index contributed by atoms with van der Waals surface area (Å²) in [6, 6.07) is 20.7. The summed E-state index contributed by atoms with van der Waals surface area (Å²) in [5.74, 6) is -1.18. The van der Waals surface area contributed by atoms with E-state index in [4.69, 9.17) is 5.26 Å². The molecule has 0 bridgehead atoms. The molecule has 0 radical (unpaired) electrons. The number of hydrogen-bond acceptors (Lipinski definition) is 6. The van der Waals surface area contributed by atoms with Crippen LogP contribution in [0.15, 0.2) is 60.7 Å². The number of piperidine rings is 1. The van der Waals surface area contributed by atoms with E-state index in [-0.39, 0.29) is 30.1 Å². The number of rotatable bonds is 7. The molecule has 0 aliphatic carbocycles. The van der Waals surface area contributed by atoms with Crippen LogP contribution in [0, 0.1) is 17.1 Å². The number of anilines is 1. The quantitative estimate of drug-likeness (QED) is 0.426. The van der Waals surface area contributed by atoms with E-state index in [1.165, 1.54) is 17.2 Å². The summed E-state index contributed by atoms with van der Waals surface area (Å²) in [5.41, 5.74) is 6.04. The van der Waals surface area contributed by atoms with Crippen LogP contribution in [0.3, 0.4) is 0 Å². The van der Waals surface area contributed by atoms with Crippen LogP contribution in [-0.4, -0.2) is 59.2 Å². The number of hydrogen-bond donors (Lipinski definition) is 1. The fraction of sp³-hybridized carbons (Fsp3) is 0.353. The Morgan fingerprint density at radius 1 is 1.00 bits per heavy atom. The number of benzene rings is 3. The van der Waals surface area contributed by atoms with E-state index >= 15 is 0 Å². The number of nitriles is 1. The van der Waals surface area contributed by atoms with E-state index in [1.807, 2.05) is 18.2 Å². The highest BCUT2D eigenvalue weighted by Crippen LogP contribution is 2.31. The van der Waals surface area contributed by atoms with E-state index in [1.54, 1.807) is 17.0 Å². The largest absolute Gasteiger partial charge is 0.366 e. The predicted octanol–water partition coefficient (Wildman–Crippen LogP) is 3.95. The Morgan fingerprint density at radius 3 is 2.51 bits per heavy atom. The number of piperazine rings is 1. The molecule has 1 unspecified atom stereocenters. The average molecular weight is 580 g/mol. The van der Waals surface area contributed by atoms with Crippen LogP contribution < -0.4 is 10.2 Å². The first-order valence-electron chi connectivity index (χ1n) is 14.8. The molecule has 9 heteroatoms. The van der Waals surface area contributed by atoms with Crippen LogP contribution in [0.4, 0.5) is 10.1 Å². The second-order valence-electron chi connectivity index (χ2n) is 11.7. The highest BCUT2D eigenvalue weighted by atomic mass is 19.1. The van der Waals surface area contributed by atoms with Gasteiger partial charge in [0.25, 0.3) is 5.91 Å². The van der Waals surface area contributed by atoms with Crippen molar-refractivity contribution in [3.63, 3.8) is 0 Å². The minimum Gasteiger partial charge on any atom is -0.366 e. The molecule has 6 rings (SSSR count). The molecule has 8 nitrogen and oxygen atoms in total. The van der Waals surface area contributed by atoms with E-state index in [2.05, 4.69) is 52.4 Å². The third kappa shape index (κ3) is 5.88. The molecule has 3 aromatic carbocycles. The molecule has 3 aromatic rings. The van der Waals surface area contributed by atoms with E-state index in [0.29, 0.717) is 36.3 Å². The Balaban J connectivity index is 1.04. The van der Waals surface area contributed by atoms with Crippen molar-refractivity contribution in [1.82, 2.24) is 15.1 Å². The van der Waals surface area contributed by atoms with Gasteiger partial charge in [-0.15, -0.1) is 0 Å². The number of fused-ring (bicyclic) bond motifs is 1. The summed E-state index contributed by atoms with van der Waals surface area (Å²) in [4.78, 5) is 43.2. The highest BCUT2D eigenvalue weighted by Gasteiger charge is 2.39. The number of aryl methyl sites for hydroxylation is 2. The summed E-state index contributed by atoms with van der Waals surface area (Å²) >= 11 is 0. The predicted molar refractivity (Wildman–Crippen MR) is 160 cm³/mol. The lowest BCUT2D eigenvalue weighted by molar-refractivity contribution is -0.136. The maximum atomic E-state index is 14.6. The molecule has 2 saturated heterocycles. The average Bonchev–Trinajstić information content (AvgIpc) is 3.34. The van der Waals surface area contributed by atoms with Gasteiger partial charge < -0.3 is 9.80 Å². The number of nitrogens with one attached hydrogen (secondary N) is 1. The van der Waals surface area contributed by atoms with Gasteiger partial charge in [0.05, 0.1) is 17.3 Å². The normalized spacial score (nSPS) is 20.6. The van der Waals surface area contributed by atoms with Crippen LogP contribution in [0.1, 0.15) is 57.9 Å². The zero-order valence-electron chi connectivity index (χ0n) is 24.2. The molecule has 1 N–H and O–H groups in total. The first kappa shape index (κ1) is 28.6. The number of carbonyl (C=O) groups excluding carboxylic acids is 3. The summed E-state index contributed by atoms with van der Waals surface area (Å²) in [7, 11) is 0. The van der Waals surface area contributed by atoms with Gasteiger partial charge in [0.1, 0.15) is 11.9 Å². The van der Waals surface area contributed by atoms with Crippen molar-refractivity contribution < 1.29 is 18.8 Å². The Kier molecular flexibility index (Phi) is 7.96. The van der Waals surface area contributed by atoms with Crippen molar-refractivity contribution in [1.29, 1.82) is 5.26 Å². The molecule has 43 heavy (non-hydrogen) atoms. The smallest absolute Gasteiger partial charge is 0.255 e. The van der Waals surface area contributed by atoms with Gasteiger partial charge in [-0.05, 0) is 72.7 Å². The molecule has 3 heterocycles. The van der Waals surface area contributed by atoms with Crippen molar-refractivity contribution in [2.24, 2.45) is 0 Å². The fourth-order valence-electron chi connectivity index (χ4n) is 6.49. The Bertz CT molecular complexity index is 1620. The van der Waals surface area contributed by atoms with Crippen molar-refractivity contribution in [2.75, 3.05) is 24.5 Å². The number of halogens is 1. The summed E-state index contributed by atoms with van der Waals surface area (Å²) in [5, 5.41) is 11.4. The highest BCUT2D eigenvalue weighted by molar-refractivity contribution is 6.05. The molecule has 0 saturated carbocycles. The Labute approximate surface area is 250 Å². The third-order valence-electron chi connectivity index (χ3n) is 8.95. The van der Waals surface area contributed by atoms with E-state index in [0.717, 1.165) is 43.6 Å².